The second kappa shape index (κ2) is 9.37. The third kappa shape index (κ3) is 5.43. The quantitative estimate of drug-likeness (QED) is 0.574. The van der Waals surface area contributed by atoms with Gasteiger partial charge in [0.2, 0.25) is 5.88 Å². The molecule has 8 heteroatoms. The van der Waals surface area contributed by atoms with Crippen LogP contribution in [-0.2, 0) is 11.2 Å². The SMILES string of the molecule is CC[C@]1(NC(=O)OC(C)(C)C)CC[C@H](Oc2ncnc3sc4c(c23)[C@@H](C[C@@H](C)O)CC4)CC1. The van der Waals surface area contributed by atoms with Gasteiger partial charge in [0.15, 0.2) is 0 Å². The van der Waals surface area contributed by atoms with Gasteiger partial charge in [-0.3, -0.25) is 0 Å². The molecule has 2 atom stereocenters. The van der Waals surface area contributed by atoms with Gasteiger partial charge in [0.1, 0.15) is 22.9 Å². The van der Waals surface area contributed by atoms with Crippen molar-refractivity contribution in [3.05, 3.63) is 16.8 Å². The van der Waals surface area contributed by atoms with Crippen molar-refractivity contribution in [3.63, 3.8) is 0 Å². The minimum absolute atomic E-state index is 0.0513. The molecular formula is C25H37N3O4S. The molecule has 0 spiro atoms. The Kier molecular flexibility index (Phi) is 6.87. The lowest BCUT2D eigenvalue weighted by Gasteiger charge is -2.40. The molecule has 4 rings (SSSR count). The van der Waals surface area contributed by atoms with Crippen LogP contribution in [0.15, 0.2) is 6.33 Å². The molecule has 2 aliphatic rings. The number of ether oxygens (including phenoxy) is 2. The maximum Gasteiger partial charge on any atom is 0.408 e. The Hall–Kier alpha value is -1.93. The minimum Gasteiger partial charge on any atom is -0.474 e. The van der Waals surface area contributed by atoms with Gasteiger partial charge in [-0.15, -0.1) is 11.3 Å². The van der Waals surface area contributed by atoms with Gasteiger partial charge in [-0.1, -0.05) is 6.92 Å². The first-order chi connectivity index (χ1) is 15.6. The first kappa shape index (κ1) is 24.2. The number of aryl methyl sites for hydroxylation is 1. The van der Waals surface area contributed by atoms with Crippen molar-refractivity contribution in [3.8, 4) is 5.88 Å². The zero-order valence-electron chi connectivity index (χ0n) is 20.4. The molecule has 0 bridgehead atoms. The largest absolute Gasteiger partial charge is 0.474 e. The fraction of sp³-hybridized carbons (Fsp3) is 0.720. The lowest BCUT2D eigenvalue weighted by Crippen LogP contribution is -2.52. The summed E-state index contributed by atoms with van der Waals surface area (Å²) in [5.41, 5.74) is 0.524. The van der Waals surface area contributed by atoms with E-state index in [0.717, 1.165) is 61.6 Å². The second-order valence-electron chi connectivity index (χ2n) is 10.7. The van der Waals surface area contributed by atoms with Crippen LogP contribution in [0.5, 0.6) is 5.88 Å². The van der Waals surface area contributed by atoms with Crippen molar-refractivity contribution < 1.29 is 19.4 Å². The molecular weight excluding hydrogens is 438 g/mol. The average Bonchev–Trinajstić information content (AvgIpc) is 3.28. The van der Waals surface area contributed by atoms with Gasteiger partial charge in [-0.25, -0.2) is 14.8 Å². The predicted molar refractivity (Wildman–Crippen MR) is 130 cm³/mol. The van der Waals surface area contributed by atoms with Gasteiger partial charge < -0.3 is 19.9 Å². The summed E-state index contributed by atoms with van der Waals surface area (Å²) in [4.78, 5) is 23.8. The van der Waals surface area contributed by atoms with E-state index in [0.29, 0.717) is 11.8 Å². The monoisotopic (exact) mass is 475 g/mol. The van der Waals surface area contributed by atoms with Crippen LogP contribution in [0.2, 0.25) is 0 Å². The Labute approximate surface area is 200 Å². The predicted octanol–water partition coefficient (Wildman–Crippen LogP) is 5.49. The number of hydrogen-bond donors (Lipinski definition) is 2. The summed E-state index contributed by atoms with van der Waals surface area (Å²) in [5, 5.41) is 14.2. The van der Waals surface area contributed by atoms with Gasteiger partial charge in [-0.05, 0) is 90.5 Å². The number of carbonyl (C=O) groups excluding carboxylic acids is 1. The Balaban J connectivity index is 1.47. The number of amides is 1. The number of hydrogen-bond acceptors (Lipinski definition) is 7. The van der Waals surface area contributed by atoms with E-state index in [1.54, 1.807) is 17.7 Å². The lowest BCUT2D eigenvalue weighted by atomic mass is 9.78. The summed E-state index contributed by atoms with van der Waals surface area (Å²) in [6, 6.07) is 0. The maximum atomic E-state index is 12.4. The number of nitrogens with zero attached hydrogens (tertiary/aromatic N) is 2. The van der Waals surface area contributed by atoms with E-state index in [9.17, 15) is 9.90 Å². The van der Waals surface area contributed by atoms with Gasteiger partial charge in [0.05, 0.1) is 11.5 Å². The molecule has 0 saturated heterocycles. The number of rotatable bonds is 6. The number of aliphatic hydroxyl groups is 1. The molecule has 2 aliphatic carbocycles. The standard InChI is InChI=1S/C25H37N3O4S/c1-6-25(28-23(30)32-24(3,4)5)11-9-17(10-12-25)31-21-20-19-16(13-15(2)29)7-8-18(19)33-22(20)27-14-26-21/h14-17,29H,6-13H2,1-5H3,(H,28,30)/t15-,16-,17-,25-/m1/s1. The summed E-state index contributed by atoms with van der Waals surface area (Å²) >= 11 is 1.73. The van der Waals surface area contributed by atoms with Crippen molar-refractivity contribution in [1.29, 1.82) is 0 Å². The Morgan fingerprint density at radius 3 is 2.67 bits per heavy atom. The van der Waals surface area contributed by atoms with Crippen LogP contribution in [0, 0.1) is 0 Å². The molecule has 0 aromatic carbocycles. The van der Waals surface area contributed by atoms with Crippen LogP contribution < -0.4 is 10.1 Å². The van der Waals surface area contributed by atoms with Crippen LogP contribution in [0.4, 0.5) is 4.79 Å². The first-order valence-electron chi connectivity index (χ1n) is 12.2. The summed E-state index contributed by atoms with van der Waals surface area (Å²) in [7, 11) is 0. The van der Waals surface area contributed by atoms with Crippen molar-refractivity contribution in [2.24, 2.45) is 0 Å². The van der Waals surface area contributed by atoms with E-state index in [1.165, 1.54) is 10.4 Å². The van der Waals surface area contributed by atoms with Crippen LogP contribution in [0.1, 0.15) is 95.9 Å². The summed E-state index contributed by atoms with van der Waals surface area (Å²) in [6.45, 7) is 9.61. The average molecular weight is 476 g/mol. The van der Waals surface area contributed by atoms with Gasteiger partial charge in [0, 0.05) is 10.4 Å². The highest BCUT2D eigenvalue weighted by molar-refractivity contribution is 7.19. The molecule has 2 heterocycles. The van der Waals surface area contributed by atoms with E-state index in [2.05, 4.69) is 22.2 Å². The normalized spacial score (nSPS) is 26.1. The zero-order valence-corrected chi connectivity index (χ0v) is 21.3. The fourth-order valence-corrected chi connectivity index (χ4v) is 6.52. The van der Waals surface area contributed by atoms with E-state index >= 15 is 0 Å². The smallest absolute Gasteiger partial charge is 0.408 e. The van der Waals surface area contributed by atoms with Gasteiger partial charge >= 0.3 is 6.09 Å². The summed E-state index contributed by atoms with van der Waals surface area (Å²) in [5.74, 6) is 1.00. The molecule has 2 aromatic rings. The molecule has 2 N–H and O–H groups in total. The lowest BCUT2D eigenvalue weighted by molar-refractivity contribution is 0.0355. The molecule has 1 saturated carbocycles. The van der Waals surface area contributed by atoms with E-state index in [1.807, 2.05) is 27.7 Å². The van der Waals surface area contributed by atoms with Gasteiger partial charge in [0.25, 0.3) is 0 Å². The number of aromatic nitrogens is 2. The van der Waals surface area contributed by atoms with Crippen molar-refractivity contribution in [2.45, 2.75) is 115 Å². The zero-order chi connectivity index (χ0) is 23.8. The third-order valence-electron chi connectivity index (χ3n) is 6.93. The Morgan fingerprint density at radius 2 is 2.03 bits per heavy atom. The number of nitrogens with one attached hydrogen (secondary N) is 1. The van der Waals surface area contributed by atoms with E-state index in [4.69, 9.17) is 9.47 Å². The molecule has 33 heavy (non-hydrogen) atoms. The maximum absolute atomic E-state index is 12.4. The highest BCUT2D eigenvalue weighted by atomic mass is 32.1. The molecule has 0 aliphatic heterocycles. The Bertz CT molecular complexity index is 989. The minimum atomic E-state index is -0.510. The molecule has 2 aromatic heterocycles. The molecule has 1 fully saturated rings. The second-order valence-corrected chi connectivity index (χ2v) is 11.8. The molecule has 1 amide bonds. The van der Waals surface area contributed by atoms with E-state index < -0.39 is 5.60 Å². The van der Waals surface area contributed by atoms with Crippen LogP contribution in [0.25, 0.3) is 10.2 Å². The van der Waals surface area contributed by atoms with Crippen molar-refractivity contribution in [1.82, 2.24) is 15.3 Å². The third-order valence-corrected chi connectivity index (χ3v) is 8.11. The number of alkyl carbamates (subject to hydrolysis) is 1. The van der Waals surface area contributed by atoms with Crippen molar-refractivity contribution >= 4 is 27.6 Å². The number of aliphatic hydroxyl groups excluding tert-OH is 1. The topological polar surface area (TPSA) is 93.6 Å². The molecule has 7 nitrogen and oxygen atoms in total. The Morgan fingerprint density at radius 1 is 1.30 bits per heavy atom. The molecule has 0 radical (unpaired) electrons. The van der Waals surface area contributed by atoms with Crippen LogP contribution in [0.3, 0.4) is 0 Å². The van der Waals surface area contributed by atoms with Gasteiger partial charge in [-0.2, -0.15) is 0 Å². The molecule has 0 unspecified atom stereocenters. The highest BCUT2D eigenvalue weighted by Crippen LogP contribution is 2.48. The number of fused-ring (bicyclic) bond motifs is 3. The summed E-state index contributed by atoms with van der Waals surface area (Å²) < 4.78 is 12.0. The number of thiophene rings is 1. The fourth-order valence-electron chi connectivity index (χ4n) is 5.28. The molecule has 182 valence electrons. The van der Waals surface area contributed by atoms with Crippen molar-refractivity contribution in [2.75, 3.05) is 0 Å². The summed E-state index contributed by atoms with van der Waals surface area (Å²) in [6.07, 6.45) is 8.05. The first-order valence-corrected chi connectivity index (χ1v) is 13.0. The highest BCUT2D eigenvalue weighted by Gasteiger charge is 2.38. The van der Waals surface area contributed by atoms with Crippen LogP contribution >= 0.6 is 11.3 Å². The van der Waals surface area contributed by atoms with E-state index in [-0.39, 0.29) is 23.8 Å². The number of carbonyl (C=O) groups is 1. The van der Waals surface area contributed by atoms with Crippen LogP contribution in [-0.4, -0.2) is 44.5 Å².